The molecular weight excluding hydrogens is 378 g/mol. The van der Waals surface area contributed by atoms with Crippen LogP contribution in [0.1, 0.15) is 44.2 Å². The molecule has 0 aliphatic carbocycles. The minimum atomic E-state index is -4.32. The zero-order valence-corrected chi connectivity index (χ0v) is 17.0. The lowest BCUT2D eigenvalue weighted by atomic mass is 9.87. The second-order valence-corrected chi connectivity index (χ2v) is 9.41. The van der Waals surface area contributed by atoms with Crippen molar-refractivity contribution in [3.63, 3.8) is 0 Å². The first-order valence-electron chi connectivity index (χ1n) is 8.92. The van der Waals surface area contributed by atoms with Crippen LogP contribution in [0.4, 0.5) is 4.79 Å². The Labute approximate surface area is 165 Å². The molecule has 1 atom stereocenters. The molecule has 2 rings (SSSR count). The number of aldehydes is 1. The summed E-state index contributed by atoms with van der Waals surface area (Å²) in [7, 11) is -4.32. The van der Waals surface area contributed by atoms with E-state index < -0.39 is 27.4 Å². The van der Waals surface area contributed by atoms with Gasteiger partial charge in [0.15, 0.2) is 0 Å². The van der Waals surface area contributed by atoms with Crippen LogP contribution in [0, 0.1) is 0 Å². The van der Waals surface area contributed by atoms with Crippen molar-refractivity contribution in [2.45, 2.75) is 43.4 Å². The van der Waals surface area contributed by atoms with Crippen molar-refractivity contribution in [3.8, 4) is 0 Å². The van der Waals surface area contributed by atoms with Gasteiger partial charge in [-0.25, -0.2) is 13.2 Å². The Morgan fingerprint density at radius 1 is 1.07 bits per heavy atom. The van der Waals surface area contributed by atoms with Crippen LogP contribution in [0.3, 0.4) is 0 Å². The highest BCUT2D eigenvalue weighted by molar-refractivity contribution is 7.89. The van der Waals surface area contributed by atoms with Crippen molar-refractivity contribution in [1.82, 2.24) is 4.31 Å². The average molecular weight is 404 g/mol. The molecule has 1 unspecified atom stereocenters. The van der Waals surface area contributed by atoms with Crippen LogP contribution < -0.4 is 0 Å². The topological polar surface area (TPSA) is 91.8 Å². The van der Waals surface area contributed by atoms with Crippen molar-refractivity contribution in [3.05, 3.63) is 65.7 Å². The highest BCUT2D eigenvalue weighted by Crippen LogP contribution is 2.32. The molecular formula is C21H25NO5S. The van der Waals surface area contributed by atoms with E-state index in [9.17, 15) is 23.1 Å². The Morgan fingerprint density at radius 3 is 2.18 bits per heavy atom. The quantitative estimate of drug-likeness (QED) is 0.705. The number of rotatable bonds is 7. The summed E-state index contributed by atoms with van der Waals surface area (Å²) in [5.41, 5.74) is 0.753. The first-order valence-corrected chi connectivity index (χ1v) is 10.4. The van der Waals surface area contributed by atoms with E-state index in [1.54, 1.807) is 48.5 Å². The van der Waals surface area contributed by atoms with Crippen molar-refractivity contribution in [1.29, 1.82) is 0 Å². The summed E-state index contributed by atoms with van der Waals surface area (Å²) in [6.07, 6.45) is -0.881. The Morgan fingerprint density at radius 2 is 1.64 bits per heavy atom. The highest BCUT2D eigenvalue weighted by atomic mass is 32.2. The second kappa shape index (κ2) is 8.56. The molecule has 0 aliphatic rings. The first kappa shape index (κ1) is 21.6. The van der Waals surface area contributed by atoms with E-state index >= 15 is 0 Å². The van der Waals surface area contributed by atoms with Gasteiger partial charge < -0.3 is 9.90 Å². The minimum absolute atomic E-state index is 0.0181. The van der Waals surface area contributed by atoms with Crippen molar-refractivity contribution < 1.29 is 23.1 Å². The Hall–Kier alpha value is -2.67. The number of nitrogens with zero attached hydrogens (tertiary/aromatic N) is 1. The van der Waals surface area contributed by atoms with Crippen LogP contribution in [0.25, 0.3) is 0 Å². The lowest BCUT2D eigenvalue weighted by Crippen LogP contribution is -2.39. The molecule has 0 fully saturated rings. The number of hydrogen-bond acceptors (Lipinski definition) is 4. The normalized spacial score (nSPS) is 13.0. The van der Waals surface area contributed by atoms with Gasteiger partial charge in [0.25, 0.3) is 10.0 Å². The third kappa shape index (κ3) is 4.78. The average Bonchev–Trinajstić information content (AvgIpc) is 2.64. The molecule has 2 aromatic carbocycles. The van der Waals surface area contributed by atoms with Gasteiger partial charge in [-0.3, -0.25) is 0 Å². The van der Waals surface area contributed by atoms with Crippen molar-refractivity contribution in [2.24, 2.45) is 0 Å². The summed E-state index contributed by atoms with van der Waals surface area (Å²) in [6, 6.07) is 15.2. The number of benzene rings is 2. The summed E-state index contributed by atoms with van der Waals surface area (Å²) in [5, 5.41) is 9.69. The molecule has 28 heavy (non-hydrogen) atoms. The summed E-state index contributed by atoms with van der Waals surface area (Å²) >= 11 is 0. The van der Waals surface area contributed by atoms with Gasteiger partial charge in [-0.15, -0.1) is 0 Å². The van der Waals surface area contributed by atoms with Crippen LogP contribution in [0.2, 0.25) is 0 Å². The van der Waals surface area contributed by atoms with Crippen LogP contribution >= 0.6 is 0 Å². The van der Waals surface area contributed by atoms with Gasteiger partial charge in [0.2, 0.25) is 0 Å². The summed E-state index contributed by atoms with van der Waals surface area (Å²) in [4.78, 5) is 23.0. The fourth-order valence-corrected chi connectivity index (χ4v) is 4.79. The summed E-state index contributed by atoms with van der Waals surface area (Å²) < 4.78 is 27.0. The largest absolute Gasteiger partial charge is 0.464 e. The molecule has 0 saturated carbocycles. The molecule has 0 saturated heterocycles. The number of amides is 1. The second-order valence-electron chi connectivity index (χ2n) is 7.57. The molecule has 0 radical (unpaired) electrons. The zero-order chi connectivity index (χ0) is 20.9. The molecule has 7 heteroatoms. The molecule has 6 nitrogen and oxygen atoms in total. The molecule has 0 aliphatic heterocycles. The lowest BCUT2D eigenvalue weighted by Gasteiger charge is -2.28. The van der Waals surface area contributed by atoms with Gasteiger partial charge in [-0.1, -0.05) is 69.3 Å². The number of carboxylic acid groups (broad SMARTS) is 1. The van der Waals surface area contributed by atoms with Crippen molar-refractivity contribution in [2.75, 3.05) is 6.54 Å². The van der Waals surface area contributed by atoms with Crippen LogP contribution in [0.15, 0.2) is 59.5 Å². The smallest absolute Gasteiger partial charge is 0.421 e. The Balaban J connectivity index is 2.51. The predicted octanol–water partition coefficient (Wildman–Crippen LogP) is 4.03. The molecule has 0 spiro atoms. The fourth-order valence-electron chi connectivity index (χ4n) is 3.07. The van der Waals surface area contributed by atoms with E-state index in [0.29, 0.717) is 21.7 Å². The third-order valence-corrected chi connectivity index (χ3v) is 6.31. The number of sulfonamides is 1. The minimum Gasteiger partial charge on any atom is -0.464 e. The van der Waals surface area contributed by atoms with Gasteiger partial charge in [-0.2, -0.15) is 4.31 Å². The standard InChI is InChI=1S/C21H25NO5S/c1-21(2,3)18-11-7-8-12-19(18)28(26,27)22(20(24)25)15-17(13-14-23)16-9-5-4-6-10-16/h4-12,14,17H,13,15H2,1-3H3,(H,24,25). The fraction of sp³-hybridized carbons (Fsp3) is 0.333. The van der Waals surface area contributed by atoms with Gasteiger partial charge >= 0.3 is 6.09 Å². The van der Waals surface area contributed by atoms with Crippen molar-refractivity contribution >= 4 is 22.4 Å². The van der Waals surface area contributed by atoms with Crippen LogP contribution in [-0.2, 0) is 20.2 Å². The van der Waals surface area contributed by atoms with Gasteiger partial charge in [0, 0.05) is 18.9 Å². The molecule has 0 heterocycles. The molecule has 1 N–H and O–H groups in total. The molecule has 2 aromatic rings. The third-order valence-electron chi connectivity index (χ3n) is 4.51. The maximum Gasteiger partial charge on any atom is 0.421 e. The number of carbonyl (C=O) groups excluding carboxylic acids is 1. The van der Waals surface area contributed by atoms with E-state index in [1.807, 2.05) is 20.8 Å². The summed E-state index contributed by atoms with van der Waals surface area (Å²) in [6.45, 7) is 5.27. The zero-order valence-electron chi connectivity index (χ0n) is 16.2. The van der Waals surface area contributed by atoms with E-state index in [4.69, 9.17) is 0 Å². The highest BCUT2D eigenvalue weighted by Gasteiger charge is 2.35. The van der Waals surface area contributed by atoms with E-state index in [2.05, 4.69) is 0 Å². The van der Waals surface area contributed by atoms with Gasteiger partial charge in [-0.05, 0) is 22.6 Å². The first-order chi connectivity index (χ1) is 13.1. The van der Waals surface area contributed by atoms with Crippen LogP contribution in [0.5, 0.6) is 0 Å². The number of carbonyl (C=O) groups is 2. The van der Waals surface area contributed by atoms with E-state index in [1.165, 1.54) is 6.07 Å². The molecule has 0 bridgehead atoms. The molecule has 1 amide bonds. The Kier molecular flexibility index (Phi) is 6.61. The van der Waals surface area contributed by atoms with Crippen LogP contribution in [-0.4, -0.2) is 36.8 Å². The monoisotopic (exact) mass is 403 g/mol. The summed E-state index contributed by atoms with van der Waals surface area (Å²) in [5.74, 6) is -0.564. The SMILES string of the molecule is CC(C)(C)c1ccccc1S(=O)(=O)N(CC(CC=O)c1ccccc1)C(=O)O. The lowest BCUT2D eigenvalue weighted by molar-refractivity contribution is -0.108. The van der Waals surface area contributed by atoms with Gasteiger partial charge in [0.05, 0.1) is 4.90 Å². The predicted molar refractivity (Wildman–Crippen MR) is 107 cm³/mol. The maximum atomic E-state index is 13.3. The van der Waals surface area contributed by atoms with E-state index in [-0.39, 0.29) is 17.9 Å². The molecule has 0 aromatic heterocycles. The van der Waals surface area contributed by atoms with E-state index in [0.717, 1.165) is 0 Å². The maximum absolute atomic E-state index is 13.3. The molecule has 150 valence electrons. The number of hydrogen-bond donors (Lipinski definition) is 1. The van der Waals surface area contributed by atoms with Gasteiger partial charge in [0.1, 0.15) is 6.29 Å². The Bertz CT molecular complexity index is 933.